The van der Waals surface area contributed by atoms with E-state index in [0.29, 0.717) is 19.7 Å². The molecule has 136 valence electrons. The van der Waals surface area contributed by atoms with Crippen LogP contribution in [0.4, 0.5) is 4.79 Å². The monoisotopic (exact) mass is 361 g/mol. The van der Waals surface area contributed by atoms with Gasteiger partial charge in [0, 0.05) is 30.2 Å². The summed E-state index contributed by atoms with van der Waals surface area (Å²) >= 11 is 0. The number of aromatic amines is 1. The molecule has 0 saturated carbocycles. The van der Waals surface area contributed by atoms with Gasteiger partial charge in [-0.05, 0) is 29.3 Å². The van der Waals surface area contributed by atoms with Crippen molar-refractivity contribution in [2.24, 2.45) is 0 Å². The van der Waals surface area contributed by atoms with Crippen LogP contribution in [0.5, 0.6) is 5.75 Å². The molecule has 1 saturated heterocycles. The second kappa shape index (κ2) is 5.87. The number of fused-ring (bicyclic) bond motifs is 6. The van der Waals surface area contributed by atoms with E-state index in [1.54, 1.807) is 11.9 Å². The lowest BCUT2D eigenvalue weighted by Gasteiger charge is -2.40. The molecule has 5 rings (SSSR count). The first kappa shape index (κ1) is 15.9. The first-order valence-electron chi connectivity index (χ1n) is 8.99. The summed E-state index contributed by atoms with van der Waals surface area (Å²) in [7, 11) is 1.55. The number of benzene rings is 2. The molecule has 1 N–H and O–H groups in total. The average molecular weight is 361 g/mol. The third kappa shape index (κ3) is 2.48. The lowest BCUT2D eigenvalue weighted by atomic mass is 9.89. The van der Waals surface area contributed by atoms with Gasteiger partial charge < -0.3 is 14.6 Å². The van der Waals surface area contributed by atoms with E-state index >= 15 is 0 Å². The topological polar surface area (TPSA) is 65.6 Å². The Morgan fingerprint density at radius 2 is 1.96 bits per heavy atom. The molecule has 2 aliphatic rings. The molecule has 1 fully saturated rings. The van der Waals surface area contributed by atoms with Crippen molar-refractivity contribution >= 4 is 22.8 Å². The van der Waals surface area contributed by atoms with Gasteiger partial charge >= 0.3 is 6.03 Å². The SMILES string of the molecule is CN1C(=O)C2CN(Cc3[nH]c4ccc(OCc5ccccc5)cc4c32)C1=O. The Bertz CT molecular complexity index is 1060. The fourth-order valence-corrected chi connectivity index (χ4v) is 4.06. The molecule has 3 heterocycles. The quantitative estimate of drug-likeness (QED) is 0.779. The number of rotatable bonds is 3. The van der Waals surface area contributed by atoms with Crippen molar-refractivity contribution in [3.8, 4) is 5.75 Å². The summed E-state index contributed by atoms with van der Waals surface area (Å²) in [6.45, 7) is 1.43. The van der Waals surface area contributed by atoms with E-state index in [1.165, 1.54) is 4.90 Å². The van der Waals surface area contributed by atoms with Crippen LogP contribution in [0.1, 0.15) is 22.7 Å². The highest BCUT2D eigenvalue weighted by atomic mass is 16.5. The molecule has 2 aliphatic heterocycles. The van der Waals surface area contributed by atoms with Gasteiger partial charge in [-0.2, -0.15) is 0 Å². The van der Waals surface area contributed by atoms with Crippen molar-refractivity contribution in [2.45, 2.75) is 19.1 Å². The van der Waals surface area contributed by atoms with E-state index in [1.807, 2.05) is 48.5 Å². The minimum absolute atomic E-state index is 0.145. The fourth-order valence-electron chi connectivity index (χ4n) is 4.06. The summed E-state index contributed by atoms with van der Waals surface area (Å²) in [4.78, 5) is 31.2. The zero-order valence-electron chi connectivity index (χ0n) is 14.9. The van der Waals surface area contributed by atoms with Crippen molar-refractivity contribution in [3.05, 3.63) is 65.4 Å². The van der Waals surface area contributed by atoms with Crippen LogP contribution >= 0.6 is 0 Å². The predicted molar refractivity (Wildman–Crippen MR) is 100 cm³/mol. The number of H-pyrrole nitrogens is 1. The van der Waals surface area contributed by atoms with E-state index in [2.05, 4.69) is 4.98 Å². The number of imide groups is 1. The molecular formula is C21H19N3O3. The lowest BCUT2D eigenvalue weighted by Crippen LogP contribution is -2.55. The van der Waals surface area contributed by atoms with Gasteiger partial charge in [0.1, 0.15) is 12.4 Å². The van der Waals surface area contributed by atoms with E-state index in [-0.39, 0.29) is 17.9 Å². The molecule has 6 heteroatoms. The van der Waals surface area contributed by atoms with Crippen LogP contribution in [-0.4, -0.2) is 40.3 Å². The number of carbonyl (C=O) groups is 2. The minimum atomic E-state index is -0.324. The molecule has 0 radical (unpaired) electrons. The van der Waals surface area contributed by atoms with Crippen LogP contribution in [0.15, 0.2) is 48.5 Å². The number of hydrogen-bond donors (Lipinski definition) is 1. The molecule has 3 aromatic rings. The van der Waals surface area contributed by atoms with Crippen molar-refractivity contribution in [2.75, 3.05) is 13.6 Å². The molecule has 0 spiro atoms. The Morgan fingerprint density at radius 1 is 1.15 bits per heavy atom. The van der Waals surface area contributed by atoms with Crippen molar-refractivity contribution in [3.63, 3.8) is 0 Å². The molecule has 27 heavy (non-hydrogen) atoms. The Labute approximate surface area is 156 Å². The molecule has 1 atom stereocenters. The molecule has 2 bridgehead atoms. The normalized spacial score (nSPS) is 18.8. The summed E-state index contributed by atoms with van der Waals surface area (Å²) in [5.41, 5.74) is 4.00. The van der Waals surface area contributed by atoms with Gasteiger partial charge in [-0.25, -0.2) is 4.79 Å². The van der Waals surface area contributed by atoms with Crippen molar-refractivity contribution in [1.82, 2.24) is 14.8 Å². The smallest absolute Gasteiger partial charge is 0.326 e. The van der Waals surface area contributed by atoms with E-state index < -0.39 is 0 Å². The first-order valence-corrected chi connectivity index (χ1v) is 8.99. The summed E-state index contributed by atoms with van der Waals surface area (Å²) < 4.78 is 5.96. The second-order valence-corrected chi connectivity index (χ2v) is 7.11. The van der Waals surface area contributed by atoms with Crippen LogP contribution in [0.2, 0.25) is 0 Å². The molecule has 2 aromatic carbocycles. The van der Waals surface area contributed by atoms with Crippen LogP contribution in [-0.2, 0) is 17.9 Å². The third-order valence-electron chi connectivity index (χ3n) is 5.43. The van der Waals surface area contributed by atoms with Gasteiger partial charge in [-0.1, -0.05) is 30.3 Å². The fraction of sp³-hybridized carbons (Fsp3) is 0.238. The van der Waals surface area contributed by atoms with Gasteiger partial charge in [-0.3, -0.25) is 9.69 Å². The Balaban J connectivity index is 1.51. The number of likely N-dealkylation sites (N-methyl/N-ethyl adjacent to an activating group) is 1. The third-order valence-corrected chi connectivity index (χ3v) is 5.43. The summed E-state index contributed by atoms with van der Waals surface area (Å²) in [5, 5.41) is 0.997. The van der Waals surface area contributed by atoms with Crippen LogP contribution in [0.25, 0.3) is 10.9 Å². The van der Waals surface area contributed by atoms with Gasteiger partial charge in [-0.15, -0.1) is 0 Å². The number of carbonyl (C=O) groups excluding carboxylic acids is 2. The molecule has 3 amide bonds. The maximum absolute atomic E-state index is 12.7. The van der Waals surface area contributed by atoms with Crippen LogP contribution in [0, 0.1) is 0 Å². The summed E-state index contributed by atoms with van der Waals surface area (Å²) in [5.74, 6) is 0.298. The van der Waals surface area contributed by atoms with Crippen LogP contribution < -0.4 is 4.74 Å². The number of urea groups is 1. The summed E-state index contributed by atoms with van der Waals surface area (Å²) in [6.07, 6.45) is 0. The number of nitrogens with one attached hydrogen (secondary N) is 1. The number of hydrogen-bond acceptors (Lipinski definition) is 3. The average Bonchev–Trinajstić information content (AvgIpc) is 3.07. The standard InChI is InChI=1S/C21H19N3O3/c1-23-20(25)16-10-24(21(23)26)11-18-19(16)15-9-14(7-8-17(15)22-18)27-12-13-5-3-2-4-6-13/h2-9,16,22H,10-12H2,1H3. The molecule has 1 unspecified atom stereocenters. The first-order chi connectivity index (χ1) is 13.1. The van der Waals surface area contributed by atoms with E-state index in [4.69, 9.17) is 4.74 Å². The van der Waals surface area contributed by atoms with Crippen molar-refractivity contribution < 1.29 is 14.3 Å². The zero-order valence-corrected chi connectivity index (χ0v) is 14.9. The van der Waals surface area contributed by atoms with Crippen molar-refractivity contribution in [1.29, 1.82) is 0 Å². The zero-order chi connectivity index (χ0) is 18.5. The molecular weight excluding hydrogens is 342 g/mol. The summed E-state index contributed by atoms with van der Waals surface area (Å²) in [6, 6.07) is 15.7. The van der Waals surface area contributed by atoms with Crippen LogP contribution in [0.3, 0.4) is 0 Å². The highest BCUT2D eigenvalue weighted by Crippen LogP contribution is 2.39. The van der Waals surface area contributed by atoms with E-state index in [9.17, 15) is 9.59 Å². The van der Waals surface area contributed by atoms with Gasteiger partial charge in [0.05, 0.1) is 12.5 Å². The second-order valence-electron chi connectivity index (χ2n) is 7.11. The van der Waals surface area contributed by atoms with Gasteiger partial charge in [0.2, 0.25) is 5.91 Å². The molecule has 0 aliphatic carbocycles. The Kier molecular flexibility index (Phi) is 3.47. The lowest BCUT2D eigenvalue weighted by molar-refractivity contribution is -0.132. The number of amides is 3. The number of ether oxygens (including phenoxy) is 1. The number of nitrogens with zero attached hydrogens (tertiary/aromatic N) is 2. The predicted octanol–water partition coefficient (Wildman–Crippen LogP) is 3.24. The maximum atomic E-state index is 12.7. The Morgan fingerprint density at radius 3 is 2.78 bits per heavy atom. The molecule has 6 nitrogen and oxygen atoms in total. The van der Waals surface area contributed by atoms with Gasteiger partial charge in [0.25, 0.3) is 0 Å². The number of aromatic nitrogens is 1. The van der Waals surface area contributed by atoms with E-state index in [0.717, 1.165) is 33.5 Å². The maximum Gasteiger partial charge on any atom is 0.326 e. The largest absolute Gasteiger partial charge is 0.489 e. The minimum Gasteiger partial charge on any atom is -0.489 e. The Hall–Kier alpha value is -3.28. The highest BCUT2D eigenvalue weighted by Gasteiger charge is 2.43. The highest BCUT2D eigenvalue weighted by molar-refractivity contribution is 6.03. The molecule has 1 aromatic heterocycles. The van der Waals surface area contributed by atoms with Gasteiger partial charge in [0.15, 0.2) is 0 Å².